The first-order valence-corrected chi connectivity index (χ1v) is 6.99. The maximum atomic E-state index is 10.3. The molecule has 4 heteroatoms. The van der Waals surface area contributed by atoms with E-state index in [0.29, 0.717) is 21.5 Å². The highest BCUT2D eigenvalue weighted by atomic mass is 35.5. The zero-order valence-corrected chi connectivity index (χ0v) is 12.6. The van der Waals surface area contributed by atoms with Crippen molar-refractivity contribution < 1.29 is 5.11 Å². The third-order valence-corrected chi connectivity index (χ3v) is 4.09. The minimum Gasteiger partial charge on any atom is -0.388 e. The molecule has 1 N–H and O–H groups in total. The molecule has 0 amide bonds. The van der Waals surface area contributed by atoms with E-state index in [4.69, 9.17) is 34.8 Å². The van der Waals surface area contributed by atoms with E-state index in [9.17, 15) is 5.11 Å². The van der Waals surface area contributed by atoms with Gasteiger partial charge in [0.25, 0.3) is 0 Å². The van der Waals surface area contributed by atoms with Gasteiger partial charge in [0.15, 0.2) is 0 Å². The van der Waals surface area contributed by atoms with Crippen LogP contribution in [0.2, 0.25) is 15.1 Å². The topological polar surface area (TPSA) is 20.2 Å². The Bertz CT molecular complexity index is 596. The van der Waals surface area contributed by atoms with Crippen molar-refractivity contribution in [3.8, 4) is 0 Å². The zero-order chi connectivity index (χ0) is 14.0. The van der Waals surface area contributed by atoms with Gasteiger partial charge in [0.05, 0.1) is 6.10 Å². The van der Waals surface area contributed by atoms with Crippen molar-refractivity contribution in [2.75, 3.05) is 0 Å². The lowest BCUT2D eigenvalue weighted by molar-refractivity contribution is 0.178. The molecule has 19 heavy (non-hydrogen) atoms. The van der Waals surface area contributed by atoms with Gasteiger partial charge in [-0.2, -0.15) is 0 Å². The van der Waals surface area contributed by atoms with Crippen LogP contribution >= 0.6 is 34.8 Å². The Hall–Kier alpha value is -0.730. The Balaban J connectivity index is 2.25. The zero-order valence-electron chi connectivity index (χ0n) is 10.3. The summed E-state index contributed by atoms with van der Waals surface area (Å²) < 4.78 is 0. The van der Waals surface area contributed by atoms with Crippen LogP contribution in [0, 0.1) is 6.92 Å². The van der Waals surface area contributed by atoms with E-state index < -0.39 is 6.10 Å². The number of rotatable bonds is 3. The second-order valence-electron chi connectivity index (χ2n) is 4.41. The van der Waals surface area contributed by atoms with Crippen LogP contribution in [-0.2, 0) is 6.42 Å². The van der Waals surface area contributed by atoms with E-state index >= 15 is 0 Å². The van der Waals surface area contributed by atoms with Gasteiger partial charge in [-0.1, -0.05) is 53.0 Å². The van der Waals surface area contributed by atoms with E-state index in [1.807, 2.05) is 31.2 Å². The van der Waals surface area contributed by atoms with Gasteiger partial charge >= 0.3 is 0 Å². The van der Waals surface area contributed by atoms with Crippen molar-refractivity contribution in [3.05, 3.63) is 68.2 Å². The lowest BCUT2D eigenvalue weighted by Crippen LogP contribution is -2.04. The summed E-state index contributed by atoms with van der Waals surface area (Å²) in [5.41, 5.74) is 2.57. The van der Waals surface area contributed by atoms with Crippen LogP contribution in [0.15, 0.2) is 36.4 Å². The van der Waals surface area contributed by atoms with Gasteiger partial charge < -0.3 is 5.11 Å². The van der Waals surface area contributed by atoms with Gasteiger partial charge in [-0.3, -0.25) is 0 Å². The summed E-state index contributed by atoms with van der Waals surface area (Å²) in [6, 6.07) is 10.8. The normalized spacial score (nSPS) is 12.5. The van der Waals surface area contributed by atoms with Crippen LogP contribution in [0.1, 0.15) is 22.8 Å². The monoisotopic (exact) mass is 314 g/mol. The standard InChI is InChI=1S/C15H13Cl3O/c1-9-12(3-2-4-13(9)17)15(19)7-10-5-6-11(16)8-14(10)18/h2-6,8,15,19H,7H2,1H3. The maximum absolute atomic E-state index is 10.3. The minimum atomic E-state index is -0.641. The van der Waals surface area contributed by atoms with Crippen LogP contribution in [0.3, 0.4) is 0 Å². The molecular weight excluding hydrogens is 303 g/mol. The molecule has 0 saturated heterocycles. The Morgan fingerprint density at radius 1 is 1.05 bits per heavy atom. The molecule has 1 atom stereocenters. The molecule has 100 valence electrons. The minimum absolute atomic E-state index is 0.428. The summed E-state index contributed by atoms with van der Waals surface area (Å²) in [6.45, 7) is 1.89. The molecule has 0 aliphatic heterocycles. The van der Waals surface area contributed by atoms with Crippen molar-refractivity contribution in [1.82, 2.24) is 0 Å². The Labute approximate surface area is 127 Å². The second kappa shape index (κ2) is 6.15. The van der Waals surface area contributed by atoms with Crippen LogP contribution in [-0.4, -0.2) is 5.11 Å². The summed E-state index contributed by atoms with van der Waals surface area (Å²) in [5.74, 6) is 0. The Morgan fingerprint density at radius 3 is 2.47 bits per heavy atom. The van der Waals surface area contributed by atoms with E-state index in [0.717, 1.165) is 16.7 Å². The number of hydrogen-bond donors (Lipinski definition) is 1. The number of aliphatic hydroxyl groups is 1. The molecule has 2 aromatic carbocycles. The first-order chi connectivity index (χ1) is 8.99. The van der Waals surface area contributed by atoms with Crippen LogP contribution in [0.25, 0.3) is 0 Å². The lowest BCUT2D eigenvalue weighted by atomic mass is 9.98. The largest absolute Gasteiger partial charge is 0.388 e. The fraction of sp³-hybridized carbons (Fsp3) is 0.200. The number of aliphatic hydroxyl groups excluding tert-OH is 1. The van der Waals surface area contributed by atoms with Gasteiger partial charge in [-0.25, -0.2) is 0 Å². The summed E-state index contributed by atoms with van der Waals surface area (Å²) in [6.07, 6.45) is -0.214. The SMILES string of the molecule is Cc1c(Cl)cccc1C(O)Cc1ccc(Cl)cc1Cl. The molecule has 0 radical (unpaired) electrons. The molecular formula is C15H13Cl3O. The number of halogens is 3. The molecule has 0 aliphatic carbocycles. The second-order valence-corrected chi connectivity index (χ2v) is 5.66. The highest BCUT2D eigenvalue weighted by Crippen LogP contribution is 2.29. The molecule has 0 aliphatic rings. The van der Waals surface area contributed by atoms with Crippen LogP contribution < -0.4 is 0 Å². The van der Waals surface area contributed by atoms with E-state index in [-0.39, 0.29) is 0 Å². The van der Waals surface area contributed by atoms with Crippen molar-refractivity contribution in [1.29, 1.82) is 0 Å². The Morgan fingerprint density at radius 2 is 1.79 bits per heavy atom. The fourth-order valence-corrected chi connectivity index (χ4v) is 2.66. The average molecular weight is 316 g/mol. The molecule has 1 nitrogen and oxygen atoms in total. The van der Waals surface area contributed by atoms with Gasteiger partial charge in [-0.05, 0) is 41.8 Å². The van der Waals surface area contributed by atoms with Gasteiger partial charge in [0, 0.05) is 21.5 Å². The van der Waals surface area contributed by atoms with Crippen LogP contribution in [0.5, 0.6) is 0 Å². The van der Waals surface area contributed by atoms with E-state index in [1.165, 1.54) is 0 Å². The summed E-state index contributed by atoms with van der Waals surface area (Å²) >= 11 is 18.0. The van der Waals surface area contributed by atoms with Crippen molar-refractivity contribution >= 4 is 34.8 Å². The van der Waals surface area contributed by atoms with Gasteiger partial charge in [-0.15, -0.1) is 0 Å². The molecule has 1 unspecified atom stereocenters. The van der Waals surface area contributed by atoms with Crippen LogP contribution in [0.4, 0.5) is 0 Å². The molecule has 2 aromatic rings. The quantitative estimate of drug-likeness (QED) is 0.822. The summed E-state index contributed by atoms with van der Waals surface area (Å²) in [4.78, 5) is 0. The summed E-state index contributed by atoms with van der Waals surface area (Å²) in [7, 11) is 0. The van der Waals surface area contributed by atoms with E-state index in [1.54, 1.807) is 12.1 Å². The Kier molecular flexibility index (Phi) is 4.75. The fourth-order valence-electron chi connectivity index (χ4n) is 1.99. The molecule has 0 bridgehead atoms. The number of hydrogen-bond acceptors (Lipinski definition) is 1. The van der Waals surface area contributed by atoms with Crippen molar-refractivity contribution in [3.63, 3.8) is 0 Å². The van der Waals surface area contributed by atoms with Gasteiger partial charge in [0.2, 0.25) is 0 Å². The molecule has 0 fully saturated rings. The summed E-state index contributed by atoms with van der Waals surface area (Å²) in [5, 5.41) is 12.1. The van der Waals surface area contributed by atoms with E-state index in [2.05, 4.69) is 0 Å². The molecule has 0 spiro atoms. The van der Waals surface area contributed by atoms with Crippen molar-refractivity contribution in [2.45, 2.75) is 19.4 Å². The third kappa shape index (κ3) is 3.43. The third-order valence-electron chi connectivity index (χ3n) is 3.10. The highest BCUT2D eigenvalue weighted by Gasteiger charge is 2.14. The average Bonchev–Trinajstić information content (AvgIpc) is 2.36. The number of benzene rings is 2. The van der Waals surface area contributed by atoms with Crippen molar-refractivity contribution in [2.24, 2.45) is 0 Å². The molecule has 0 aromatic heterocycles. The lowest BCUT2D eigenvalue weighted by Gasteiger charge is -2.15. The highest BCUT2D eigenvalue weighted by molar-refractivity contribution is 6.35. The maximum Gasteiger partial charge on any atom is 0.0833 e. The first kappa shape index (κ1) is 14.7. The smallest absolute Gasteiger partial charge is 0.0833 e. The van der Waals surface area contributed by atoms with Gasteiger partial charge in [0.1, 0.15) is 0 Å². The predicted octanol–water partition coefficient (Wildman–Crippen LogP) is 5.23. The first-order valence-electron chi connectivity index (χ1n) is 5.86. The predicted molar refractivity (Wildman–Crippen MR) is 81.3 cm³/mol. The molecule has 0 saturated carbocycles. The molecule has 0 heterocycles. The molecule has 2 rings (SSSR count).